The molecule has 3 N–H and O–H groups in total. The number of hydrogen-bond acceptors (Lipinski definition) is 4. The fraction of sp³-hybridized carbons (Fsp3) is 0.600. The van der Waals surface area contributed by atoms with Crippen LogP contribution in [0.1, 0.15) is 23.8 Å². The normalized spacial score (nSPS) is 10.4. The van der Waals surface area contributed by atoms with Crippen molar-refractivity contribution in [3.8, 4) is 0 Å². The molecule has 1 amide bonds. The average Bonchev–Trinajstić information content (AvgIpc) is 2.58. The number of aliphatic hydroxyl groups is 1. The van der Waals surface area contributed by atoms with Crippen LogP contribution in [0.25, 0.3) is 0 Å². The van der Waals surface area contributed by atoms with Gasteiger partial charge in [0.15, 0.2) is 5.69 Å². The van der Waals surface area contributed by atoms with Gasteiger partial charge in [-0.05, 0) is 13.3 Å². The van der Waals surface area contributed by atoms with Gasteiger partial charge in [-0.15, -0.1) is 0 Å². The van der Waals surface area contributed by atoms with Crippen molar-refractivity contribution in [2.45, 2.75) is 13.3 Å². The van der Waals surface area contributed by atoms with Crippen LogP contribution in [-0.4, -0.2) is 45.4 Å². The van der Waals surface area contributed by atoms with E-state index in [-0.39, 0.29) is 18.2 Å². The van der Waals surface area contributed by atoms with Crippen LogP contribution in [0.4, 0.5) is 5.69 Å². The van der Waals surface area contributed by atoms with Gasteiger partial charge >= 0.3 is 0 Å². The third kappa shape index (κ3) is 2.73. The fourth-order valence-electron chi connectivity index (χ4n) is 1.49. The van der Waals surface area contributed by atoms with Gasteiger partial charge in [-0.3, -0.25) is 9.48 Å². The van der Waals surface area contributed by atoms with Crippen molar-refractivity contribution in [2.24, 2.45) is 7.05 Å². The van der Waals surface area contributed by atoms with Crippen LogP contribution >= 0.6 is 0 Å². The van der Waals surface area contributed by atoms with Crippen LogP contribution in [0.5, 0.6) is 0 Å². The van der Waals surface area contributed by atoms with Gasteiger partial charge in [0.05, 0.1) is 5.69 Å². The van der Waals surface area contributed by atoms with Gasteiger partial charge in [-0.2, -0.15) is 5.10 Å². The van der Waals surface area contributed by atoms with Gasteiger partial charge in [-0.1, -0.05) is 0 Å². The van der Waals surface area contributed by atoms with Crippen molar-refractivity contribution in [3.63, 3.8) is 0 Å². The zero-order valence-corrected chi connectivity index (χ0v) is 9.68. The lowest BCUT2D eigenvalue weighted by atomic mass is 10.3. The Morgan fingerprint density at radius 3 is 2.81 bits per heavy atom. The summed E-state index contributed by atoms with van der Waals surface area (Å²) in [7, 11) is 1.72. The first kappa shape index (κ1) is 12.5. The number of aryl methyl sites for hydroxylation is 1. The van der Waals surface area contributed by atoms with Gasteiger partial charge in [0, 0.05) is 32.9 Å². The third-order valence-electron chi connectivity index (χ3n) is 2.31. The number of nitrogens with two attached hydrogens (primary N) is 1. The quantitative estimate of drug-likeness (QED) is 0.731. The van der Waals surface area contributed by atoms with E-state index >= 15 is 0 Å². The third-order valence-corrected chi connectivity index (χ3v) is 2.31. The monoisotopic (exact) mass is 226 g/mol. The maximum atomic E-state index is 12.0. The number of carbonyl (C=O) groups excluding carboxylic acids is 1. The molecule has 0 radical (unpaired) electrons. The van der Waals surface area contributed by atoms with Gasteiger partial charge in [0.1, 0.15) is 0 Å². The largest absolute Gasteiger partial charge is 0.396 e. The summed E-state index contributed by atoms with van der Waals surface area (Å²) < 4.78 is 1.52. The Morgan fingerprint density at radius 1 is 1.69 bits per heavy atom. The molecule has 6 heteroatoms. The Balaban J connectivity index is 2.78. The standard InChI is InChI=1S/C10H18N4O2/c1-3-14(5-4-6-15)10(16)9-8(11)7-13(2)12-9/h7,15H,3-6,11H2,1-2H3. The van der Waals surface area contributed by atoms with E-state index in [1.54, 1.807) is 18.1 Å². The summed E-state index contributed by atoms with van der Waals surface area (Å²) in [5, 5.41) is 12.8. The van der Waals surface area contributed by atoms with E-state index in [0.29, 0.717) is 25.2 Å². The molecule has 0 aromatic carbocycles. The first-order valence-corrected chi connectivity index (χ1v) is 5.29. The van der Waals surface area contributed by atoms with E-state index in [0.717, 1.165) is 0 Å². The Labute approximate surface area is 94.6 Å². The highest BCUT2D eigenvalue weighted by molar-refractivity contribution is 5.97. The second-order valence-corrected chi connectivity index (χ2v) is 3.57. The number of nitrogen functional groups attached to an aromatic ring is 1. The predicted octanol–water partition coefficient (Wildman–Crippen LogP) is -0.153. The van der Waals surface area contributed by atoms with Gasteiger partial charge in [-0.25, -0.2) is 0 Å². The van der Waals surface area contributed by atoms with Crippen molar-refractivity contribution in [1.82, 2.24) is 14.7 Å². The molecule has 16 heavy (non-hydrogen) atoms. The second-order valence-electron chi connectivity index (χ2n) is 3.57. The minimum absolute atomic E-state index is 0.0709. The molecule has 0 spiro atoms. The highest BCUT2D eigenvalue weighted by Crippen LogP contribution is 2.11. The number of amides is 1. The molecule has 0 saturated heterocycles. The first-order chi connectivity index (χ1) is 7.60. The van der Waals surface area contributed by atoms with Crippen LogP contribution in [0.2, 0.25) is 0 Å². The van der Waals surface area contributed by atoms with Crippen LogP contribution < -0.4 is 5.73 Å². The molecule has 1 heterocycles. The van der Waals surface area contributed by atoms with E-state index < -0.39 is 0 Å². The van der Waals surface area contributed by atoms with Crippen molar-refractivity contribution in [1.29, 1.82) is 0 Å². The van der Waals surface area contributed by atoms with E-state index in [1.807, 2.05) is 6.92 Å². The number of aromatic nitrogens is 2. The molecule has 0 unspecified atom stereocenters. The van der Waals surface area contributed by atoms with Gasteiger partial charge < -0.3 is 15.7 Å². The lowest BCUT2D eigenvalue weighted by Gasteiger charge is -2.19. The average molecular weight is 226 g/mol. The molecule has 0 aliphatic heterocycles. The summed E-state index contributed by atoms with van der Waals surface area (Å²) in [4.78, 5) is 13.6. The molecule has 0 atom stereocenters. The summed E-state index contributed by atoms with van der Waals surface area (Å²) in [5.41, 5.74) is 6.35. The molecule has 1 aromatic heterocycles. The highest BCUT2D eigenvalue weighted by atomic mass is 16.3. The number of hydrogen-bond donors (Lipinski definition) is 2. The molecule has 0 fully saturated rings. The Hall–Kier alpha value is -1.56. The minimum atomic E-state index is -0.186. The minimum Gasteiger partial charge on any atom is -0.396 e. The Morgan fingerprint density at radius 2 is 2.38 bits per heavy atom. The smallest absolute Gasteiger partial charge is 0.276 e. The Kier molecular flexibility index (Phi) is 4.30. The summed E-state index contributed by atoms with van der Waals surface area (Å²) in [5.74, 6) is -0.186. The molecule has 90 valence electrons. The Bertz CT molecular complexity index is 362. The number of rotatable bonds is 5. The number of aliphatic hydroxyl groups excluding tert-OH is 1. The molecule has 0 saturated carbocycles. The van der Waals surface area contributed by atoms with E-state index in [1.165, 1.54) is 4.68 Å². The zero-order chi connectivity index (χ0) is 12.1. The molecular weight excluding hydrogens is 208 g/mol. The topological polar surface area (TPSA) is 84.4 Å². The first-order valence-electron chi connectivity index (χ1n) is 5.29. The maximum Gasteiger partial charge on any atom is 0.276 e. The molecule has 0 bridgehead atoms. The summed E-state index contributed by atoms with van der Waals surface area (Å²) in [6.45, 7) is 3.05. The predicted molar refractivity (Wildman–Crippen MR) is 60.9 cm³/mol. The van der Waals surface area contributed by atoms with Crippen molar-refractivity contribution >= 4 is 11.6 Å². The SMILES string of the molecule is CCN(CCCO)C(=O)c1nn(C)cc1N. The number of nitrogens with zero attached hydrogens (tertiary/aromatic N) is 3. The molecule has 0 aliphatic rings. The summed E-state index contributed by atoms with van der Waals surface area (Å²) >= 11 is 0. The highest BCUT2D eigenvalue weighted by Gasteiger charge is 2.19. The van der Waals surface area contributed by atoms with Crippen LogP contribution in [-0.2, 0) is 7.05 Å². The van der Waals surface area contributed by atoms with Crippen LogP contribution in [0.3, 0.4) is 0 Å². The van der Waals surface area contributed by atoms with Crippen molar-refractivity contribution in [3.05, 3.63) is 11.9 Å². The van der Waals surface area contributed by atoms with E-state index in [9.17, 15) is 4.79 Å². The fourth-order valence-corrected chi connectivity index (χ4v) is 1.49. The molecule has 1 aromatic rings. The van der Waals surface area contributed by atoms with Crippen LogP contribution in [0, 0.1) is 0 Å². The van der Waals surface area contributed by atoms with Crippen molar-refractivity contribution < 1.29 is 9.90 Å². The lowest BCUT2D eigenvalue weighted by molar-refractivity contribution is 0.0748. The summed E-state index contributed by atoms with van der Waals surface area (Å²) in [6.07, 6.45) is 2.17. The molecule has 6 nitrogen and oxygen atoms in total. The molecular formula is C10H18N4O2. The number of carbonyl (C=O) groups is 1. The van der Waals surface area contributed by atoms with E-state index in [2.05, 4.69) is 5.10 Å². The zero-order valence-electron chi connectivity index (χ0n) is 9.68. The molecule has 1 rings (SSSR count). The van der Waals surface area contributed by atoms with Gasteiger partial charge in [0.2, 0.25) is 0 Å². The summed E-state index contributed by atoms with van der Waals surface area (Å²) in [6, 6.07) is 0. The van der Waals surface area contributed by atoms with Crippen LogP contribution in [0.15, 0.2) is 6.20 Å². The lowest BCUT2D eigenvalue weighted by Crippen LogP contribution is -2.33. The second kappa shape index (κ2) is 5.50. The van der Waals surface area contributed by atoms with E-state index in [4.69, 9.17) is 10.8 Å². The maximum absolute atomic E-state index is 12.0. The molecule has 0 aliphatic carbocycles. The van der Waals surface area contributed by atoms with Crippen molar-refractivity contribution in [2.75, 3.05) is 25.4 Å². The number of anilines is 1. The van der Waals surface area contributed by atoms with Gasteiger partial charge in [0.25, 0.3) is 5.91 Å².